The number of aromatic nitrogens is 1. The van der Waals surface area contributed by atoms with Gasteiger partial charge in [-0.2, -0.15) is 0 Å². The first-order valence-electron chi connectivity index (χ1n) is 8.84. The minimum Gasteiger partial charge on any atom is -0.494 e. The van der Waals surface area contributed by atoms with Crippen LogP contribution in [0.3, 0.4) is 0 Å². The lowest BCUT2D eigenvalue weighted by molar-refractivity contribution is -0.385. The molecule has 1 N–H and O–H groups in total. The maximum Gasteiger partial charge on any atom is 0.287 e. The van der Waals surface area contributed by atoms with Crippen LogP contribution in [-0.4, -0.2) is 34.7 Å². The third-order valence-corrected chi connectivity index (χ3v) is 4.79. The lowest BCUT2D eigenvalue weighted by Gasteiger charge is -2.35. The zero-order valence-electron chi connectivity index (χ0n) is 14.7. The lowest BCUT2D eigenvalue weighted by Crippen LogP contribution is -2.36. The number of nitro groups is 1. The number of ether oxygens (including phenoxy) is 1. The summed E-state index contributed by atoms with van der Waals surface area (Å²) < 4.78 is 5.43. The molecule has 1 aromatic carbocycles. The molecule has 1 saturated heterocycles. The van der Waals surface area contributed by atoms with Gasteiger partial charge in [-0.1, -0.05) is 12.1 Å². The van der Waals surface area contributed by atoms with Crippen LogP contribution >= 0.6 is 0 Å². The van der Waals surface area contributed by atoms with Gasteiger partial charge in [0.1, 0.15) is 17.8 Å². The van der Waals surface area contributed by atoms with E-state index in [1.165, 1.54) is 12.3 Å². The number of aliphatic hydroxyl groups is 1. The quantitative estimate of drug-likeness (QED) is 0.630. The summed E-state index contributed by atoms with van der Waals surface area (Å²) in [5.74, 6) is 1.73. The number of benzene rings is 1. The molecule has 2 aromatic rings. The Bertz CT molecular complexity index is 725. The molecule has 0 radical (unpaired) electrons. The largest absolute Gasteiger partial charge is 0.494 e. The van der Waals surface area contributed by atoms with Gasteiger partial charge in [-0.05, 0) is 49.4 Å². The Kier molecular flexibility index (Phi) is 5.68. The van der Waals surface area contributed by atoms with Gasteiger partial charge < -0.3 is 14.7 Å². The molecule has 7 heteroatoms. The SMILES string of the molecule is CCOc1ccc(C(O)C2CCN(c3ccc([N+](=O)[O-])cn3)CC2)cc1. The van der Waals surface area contributed by atoms with Gasteiger partial charge in [-0.25, -0.2) is 4.98 Å². The number of anilines is 1. The molecular weight excluding hydrogens is 334 g/mol. The Morgan fingerprint density at radius 3 is 2.50 bits per heavy atom. The van der Waals surface area contributed by atoms with Crippen LogP contribution in [0.15, 0.2) is 42.6 Å². The maximum atomic E-state index is 10.7. The molecule has 1 unspecified atom stereocenters. The molecule has 0 bridgehead atoms. The van der Waals surface area contributed by atoms with Crippen molar-refractivity contribution in [3.8, 4) is 5.75 Å². The average molecular weight is 357 g/mol. The van der Waals surface area contributed by atoms with E-state index in [0.717, 1.165) is 43.1 Å². The number of rotatable bonds is 6. The monoisotopic (exact) mass is 357 g/mol. The van der Waals surface area contributed by atoms with Crippen LogP contribution in [0.2, 0.25) is 0 Å². The van der Waals surface area contributed by atoms with Gasteiger partial charge in [0.05, 0.1) is 17.6 Å². The van der Waals surface area contributed by atoms with Crippen LogP contribution in [0.25, 0.3) is 0 Å². The van der Waals surface area contributed by atoms with Gasteiger partial charge >= 0.3 is 0 Å². The number of nitrogens with zero attached hydrogens (tertiary/aromatic N) is 3. The van der Waals surface area contributed by atoms with Crippen molar-refractivity contribution in [2.45, 2.75) is 25.9 Å². The van der Waals surface area contributed by atoms with Crippen LogP contribution in [0.5, 0.6) is 5.75 Å². The first kappa shape index (κ1) is 18.1. The van der Waals surface area contributed by atoms with E-state index >= 15 is 0 Å². The molecule has 2 heterocycles. The van der Waals surface area contributed by atoms with Gasteiger partial charge in [0.25, 0.3) is 5.69 Å². The molecule has 1 aliphatic rings. The smallest absolute Gasteiger partial charge is 0.287 e. The normalized spacial score (nSPS) is 16.3. The molecule has 1 aromatic heterocycles. The topological polar surface area (TPSA) is 88.7 Å². The van der Waals surface area contributed by atoms with Crippen LogP contribution in [0, 0.1) is 16.0 Å². The number of hydrogen-bond acceptors (Lipinski definition) is 6. The van der Waals surface area contributed by atoms with E-state index in [1.807, 2.05) is 31.2 Å². The second-order valence-electron chi connectivity index (χ2n) is 6.40. The van der Waals surface area contributed by atoms with Crippen molar-refractivity contribution in [2.24, 2.45) is 5.92 Å². The highest BCUT2D eigenvalue weighted by atomic mass is 16.6. The maximum absolute atomic E-state index is 10.7. The molecule has 1 aliphatic heterocycles. The fourth-order valence-corrected chi connectivity index (χ4v) is 3.32. The van der Waals surface area contributed by atoms with Crippen molar-refractivity contribution < 1.29 is 14.8 Å². The molecule has 0 spiro atoms. The Labute approximate surface area is 152 Å². The van der Waals surface area contributed by atoms with E-state index in [0.29, 0.717) is 6.61 Å². The van der Waals surface area contributed by atoms with Crippen molar-refractivity contribution >= 4 is 11.5 Å². The van der Waals surface area contributed by atoms with E-state index in [-0.39, 0.29) is 11.6 Å². The summed E-state index contributed by atoms with van der Waals surface area (Å²) >= 11 is 0. The highest BCUT2D eigenvalue weighted by Gasteiger charge is 2.27. The van der Waals surface area contributed by atoms with E-state index in [1.54, 1.807) is 6.07 Å². The molecule has 26 heavy (non-hydrogen) atoms. The molecule has 0 aliphatic carbocycles. The number of piperidine rings is 1. The standard InChI is InChI=1S/C19H23N3O4/c1-2-26-17-6-3-14(4-7-17)19(23)15-9-11-21(12-10-15)18-8-5-16(13-20-18)22(24)25/h3-8,13,15,19,23H,2,9-12H2,1H3. The Hall–Kier alpha value is -2.67. The van der Waals surface area contributed by atoms with Crippen molar-refractivity contribution in [1.29, 1.82) is 0 Å². The Morgan fingerprint density at radius 2 is 1.96 bits per heavy atom. The van der Waals surface area contributed by atoms with Crippen LogP contribution < -0.4 is 9.64 Å². The molecule has 0 amide bonds. The summed E-state index contributed by atoms with van der Waals surface area (Å²) in [6.07, 6.45) is 2.47. The highest BCUT2D eigenvalue weighted by Crippen LogP contribution is 2.32. The molecule has 3 rings (SSSR count). The molecule has 1 fully saturated rings. The van der Waals surface area contributed by atoms with E-state index in [4.69, 9.17) is 4.74 Å². The van der Waals surface area contributed by atoms with Crippen molar-refractivity contribution in [1.82, 2.24) is 4.98 Å². The fraction of sp³-hybridized carbons (Fsp3) is 0.421. The Balaban J connectivity index is 1.58. The minimum absolute atomic E-state index is 0.00504. The second kappa shape index (κ2) is 8.14. The third-order valence-electron chi connectivity index (χ3n) is 4.79. The summed E-state index contributed by atoms with van der Waals surface area (Å²) in [7, 11) is 0. The summed E-state index contributed by atoms with van der Waals surface area (Å²) in [4.78, 5) is 16.6. The van der Waals surface area contributed by atoms with Gasteiger partial charge in [-0.3, -0.25) is 10.1 Å². The van der Waals surface area contributed by atoms with Crippen molar-refractivity contribution in [3.63, 3.8) is 0 Å². The third kappa shape index (κ3) is 4.11. The first-order valence-corrected chi connectivity index (χ1v) is 8.84. The average Bonchev–Trinajstić information content (AvgIpc) is 2.68. The molecule has 1 atom stereocenters. The Morgan fingerprint density at radius 1 is 1.27 bits per heavy atom. The zero-order chi connectivity index (χ0) is 18.5. The van der Waals surface area contributed by atoms with Crippen LogP contribution in [0.1, 0.15) is 31.4 Å². The van der Waals surface area contributed by atoms with Crippen molar-refractivity contribution in [3.05, 3.63) is 58.3 Å². The molecule has 138 valence electrons. The van der Waals surface area contributed by atoms with Gasteiger partial charge in [0.15, 0.2) is 0 Å². The van der Waals surface area contributed by atoms with Crippen LogP contribution in [-0.2, 0) is 0 Å². The molecule has 0 saturated carbocycles. The predicted octanol–water partition coefficient (Wildman–Crippen LogP) is 3.34. The van der Waals surface area contributed by atoms with E-state index in [9.17, 15) is 15.2 Å². The van der Waals surface area contributed by atoms with Gasteiger partial charge in [0, 0.05) is 19.2 Å². The van der Waals surface area contributed by atoms with Crippen LogP contribution in [0.4, 0.5) is 11.5 Å². The summed E-state index contributed by atoms with van der Waals surface area (Å²) in [5, 5.41) is 21.4. The second-order valence-corrected chi connectivity index (χ2v) is 6.40. The summed E-state index contributed by atoms with van der Waals surface area (Å²) in [6.45, 7) is 4.10. The predicted molar refractivity (Wildman–Crippen MR) is 98.4 cm³/mol. The summed E-state index contributed by atoms with van der Waals surface area (Å²) in [6, 6.07) is 10.8. The first-order chi connectivity index (χ1) is 12.6. The number of pyridine rings is 1. The highest BCUT2D eigenvalue weighted by molar-refractivity contribution is 5.43. The van der Waals surface area contributed by atoms with E-state index in [2.05, 4.69) is 9.88 Å². The lowest BCUT2D eigenvalue weighted by atomic mass is 9.87. The van der Waals surface area contributed by atoms with Crippen molar-refractivity contribution in [2.75, 3.05) is 24.6 Å². The van der Waals surface area contributed by atoms with Gasteiger partial charge in [-0.15, -0.1) is 0 Å². The fourth-order valence-electron chi connectivity index (χ4n) is 3.32. The molecule has 7 nitrogen and oxygen atoms in total. The van der Waals surface area contributed by atoms with Gasteiger partial charge in [0.2, 0.25) is 0 Å². The number of aliphatic hydroxyl groups excluding tert-OH is 1. The number of hydrogen-bond donors (Lipinski definition) is 1. The molecular formula is C19H23N3O4. The summed E-state index contributed by atoms with van der Waals surface area (Å²) in [5.41, 5.74) is 0.898. The zero-order valence-corrected chi connectivity index (χ0v) is 14.7. The minimum atomic E-state index is -0.502. The van der Waals surface area contributed by atoms with E-state index < -0.39 is 11.0 Å².